The van der Waals surface area contributed by atoms with E-state index in [-0.39, 0.29) is 82.1 Å². The third kappa shape index (κ3) is 6.83. The van der Waals surface area contributed by atoms with Gasteiger partial charge in [0.15, 0.2) is 23.2 Å². The zero-order valence-electron chi connectivity index (χ0n) is 23.0. The Kier molecular flexibility index (Phi) is 10.2. The van der Waals surface area contributed by atoms with Crippen LogP contribution in [0.1, 0.15) is 18.4 Å². The maximum atomic E-state index is 13.3. The summed E-state index contributed by atoms with van der Waals surface area (Å²) in [7, 11) is 0. The second-order valence-corrected chi connectivity index (χ2v) is 11.0. The van der Waals surface area contributed by atoms with Gasteiger partial charge in [0.25, 0.3) is 11.8 Å². The normalized spacial score (nSPS) is 17.7. The fourth-order valence-corrected chi connectivity index (χ4v) is 6.02. The van der Waals surface area contributed by atoms with Crippen molar-refractivity contribution in [2.24, 2.45) is 5.16 Å². The summed E-state index contributed by atoms with van der Waals surface area (Å²) in [6.07, 6.45) is 0. The van der Waals surface area contributed by atoms with Crippen molar-refractivity contribution >= 4 is 57.7 Å². The number of thiazole rings is 1. The first-order valence-electron chi connectivity index (χ1n) is 12.2. The molecule has 16 nitrogen and oxygen atoms in total. The van der Waals surface area contributed by atoms with Gasteiger partial charge in [0, 0.05) is 35.3 Å². The summed E-state index contributed by atoms with van der Waals surface area (Å²) in [5, 5.41) is 42.0. The molecule has 0 radical (unpaired) electrons. The van der Waals surface area contributed by atoms with Gasteiger partial charge in [0.2, 0.25) is 0 Å². The van der Waals surface area contributed by atoms with E-state index >= 15 is 0 Å². The molecule has 19 heteroatoms. The summed E-state index contributed by atoms with van der Waals surface area (Å²) in [4.78, 5) is 59.8. The molecule has 44 heavy (non-hydrogen) atoms. The number of nitrogens with one attached hydrogen (secondary N) is 1. The molecule has 2 aliphatic rings. The van der Waals surface area contributed by atoms with Crippen LogP contribution in [0.3, 0.4) is 0 Å². The fourth-order valence-electron chi connectivity index (χ4n) is 4.15. The van der Waals surface area contributed by atoms with Crippen LogP contribution in [0.2, 0.25) is 0 Å². The number of β-lactam (4-membered cyclic amide) rings is 1. The van der Waals surface area contributed by atoms with Crippen molar-refractivity contribution in [2.45, 2.75) is 24.9 Å². The number of amides is 2. The topological polar surface area (TPSA) is 243 Å². The minimum Gasteiger partial charge on any atom is -0.870 e. The number of thioether (sulfide) groups is 1. The Labute approximate surface area is 278 Å². The molecule has 1 saturated heterocycles. The van der Waals surface area contributed by atoms with E-state index in [4.69, 9.17) is 19.8 Å². The van der Waals surface area contributed by atoms with Gasteiger partial charge in [-0.3, -0.25) is 19.3 Å². The molecule has 3 aromatic rings. The van der Waals surface area contributed by atoms with Crippen LogP contribution < -0.4 is 45.7 Å². The first kappa shape index (κ1) is 32.8. The average Bonchev–Trinajstić information content (AvgIpc) is 3.62. The number of hydrogen-bond donors (Lipinski definition) is 4. The Morgan fingerprint density at radius 1 is 1.30 bits per heavy atom. The fraction of sp³-hybridized carbons (Fsp3) is 0.240. The third-order valence-corrected chi connectivity index (χ3v) is 8.16. The number of aromatic nitrogens is 2. The Morgan fingerprint density at radius 3 is 2.73 bits per heavy atom. The number of aliphatic carboxylic acids is 1. The summed E-state index contributed by atoms with van der Waals surface area (Å²) in [6, 6.07) is 4.28. The van der Waals surface area contributed by atoms with Gasteiger partial charge >= 0.3 is 41.5 Å². The number of nitrogen functional groups attached to an aromatic ring is 1. The number of nitrogens with zero attached hydrogens (tertiary/aromatic N) is 4. The molecule has 0 bridgehead atoms. The standard InChI is InChI=1S/C25H22N6O10S2.Na/c1-10(32)39-6-12-8-42-23-19(22(36)31(23)20(12)24(37)38)28-21(35)18(15-9-43-25(26)27-15)30-40-7-13-5-14(29-41-13)11-2-3-16(33)17(34)4-11;/h2-5,9,19,23,33-34H,6-8H2,1H3,(H2,26,27)(H,28,35)(H,37,38);/q;+1/p-1/b30-18+;/t19-,23-;/m1./s1. The maximum absolute atomic E-state index is 13.3. The van der Waals surface area contributed by atoms with E-state index in [9.17, 15) is 34.5 Å². The molecule has 0 aliphatic carbocycles. The van der Waals surface area contributed by atoms with Crippen molar-refractivity contribution < 1.29 is 78.2 Å². The summed E-state index contributed by atoms with van der Waals surface area (Å²) in [6.45, 7) is 0.629. The molecule has 2 aromatic heterocycles. The summed E-state index contributed by atoms with van der Waals surface area (Å²) in [5.41, 5.74) is 6.19. The number of carboxylic acid groups (broad SMARTS) is 1. The number of phenols is 1. The number of ether oxygens (including phenoxy) is 1. The number of carboxylic acids is 1. The number of benzene rings is 1. The summed E-state index contributed by atoms with van der Waals surface area (Å²) >= 11 is 2.24. The number of nitrogens with two attached hydrogens (primary N) is 1. The smallest absolute Gasteiger partial charge is 0.870 e. The number of fused-ring (bicyclic) bond motifs is 1. The third-order valence-electron chi connectivity index (χ3n) is 6.14. The van der Waals surface area contributed by atoms with Crippen LogP contribution in [0, 0.1) is 0 Å². The molecule has 224 valence electrons. The average molecular weight is 653 g/mol. The molecule has 1 fully saturated rings. The largest absolute Gasteiger partial charge is 1.00 e. The van der Waals surface area contributed by atoms with Crippen molar-refractivity contribution in [1.82, 2.24) is 20.4 Å². The molecule has 0 saturated carbocycles. The minimum atomic E-state index is -1.37. The minimum absolute atomic E-state index is 0. The molecule has 2 aliphatic heterocycles. The van der Waals surface area contributed by atoms with E-state index in [0.29, 0.717) is 11.3 Å². The van der Waals surface area contributed by atoms with Gasteiger partial charge in [0.1, 0.15) is 40.9 Å². The van der Waals surface area contributed by atoms with E-state index in [1.807, 2.05) is 0 Å². The first-order valence-corrected chi connectivity index (χ1v) is 14.2. The van der Waals surface area contributed by atoms with Crippen molar-refractivity contribution in [2.75, 3.05) is 18.1 Å². The molecule has 0 spiro atoms. The van der Waals surface area contributed by atoms with Gasteiger partial charge in [-0.25, -0.2) is 9.78 Å². The molecule has 0 unspecified atom stereocenters. The van der Waals surface area contributed by atoms with Crippen molar-refractivity contribution in [3.63, 3.8) is 0 Å². The monoisotopic (exact) mass is 652 g/mol. The first-order chi connectivity index (χ1) is 20.5. The molecular formula is C25H21N6NaO10S2. The van der Waals surface area contributed by atoms with E-state index < -0.39 is 46.7 Å². The van der Waals surface area contributed by atoms with Gasteiger partial charge in [-0.2, -0.15) is 0 Å². The zero-order chi connectivity index (χ0) is 30.8. The number of carbonyl (C=O) groups excluding carboxylic acids is 3. The van der Waals surface area contributed by atoms with Crippen molar-refractivity contribution in [1.29, 1.82) is 0 Å². The molecule has 4 heterocycles. The van der Waals surface area contributed by atoms with Gasteiger partial charge in [-0.15, -0.1) is 23.1 Å². The van der Waals surface area contributed by atoms with Crippen molar-refractivity contribution in [3.8, 4) is 22.8 Å². The molecule has 5 rings (SSSR count). The molecular weight excluding hydrogens is 631 g/mol. The Morgan fingerprint density at radius 2 is 2.07 bits per heavy atom. The molecule has 2 atom stereocenters. The Hall–Kier alpha value is -4.10. The van der Waals surface area contributed by atoms with E-state index in [2.05, 4.69) is 20.6 Å². The Bertz CT molecular complexity index is 1690. The number of anilines is 1. The van der Waals surface area contributed by atoms with Gasteiger partial charge in [-0.05, 0) is 6.07 Å². The van der Waals surface area contributed by atoms with Crippen LogP contribution >= 0.6 is 23.1 Å². The van der Waals surface area contributed by atoms with Crippen LogP contribution in [0.15, 0.2) is 50.6 Å². The predicted octanol–water partition coefficient (Wildman–Crippen LogP) is -2.61. The maximum Gasteiger partial charge on any atom is 1.00 e. The van der Waals surface area contributed by atoms with E-state index in [0.717, 1.165) is 16.2 Å². The number of rotatable bonds is 10. The van der Waals surface area contributed by atoms with Crippen molar-refractivity contribution in [3.05, 3.63) is 52.4 Å². The van der Waals surface area contributed by atoms with Gasteiger partial charge < -0.3 is 40.5 Å². The van der Waals surface area contributed by atoms with Gasteiger partial charge in [-0.1, -0.05) is 28.2 Å². The zero-order valence-corrected chi connectivity index (χ0v) is 26.6. The number of hydrogen-bond acceptors (Lipinski definition) is 15. The molecule has 5 N–H and O–H groups in total. The molecule has 1 aromatic carbocycles. The van der Waals surface area contributed by atoms with Crippen LogP contribution in [0.4, 0.5) is 5.13 Å². The van der Waals surface area contributed by atoms with E-state index in [1.165, 1.54) is 48.3 Å². The predicted molar refractivity (Wildman–Crippen MR) is 147 cm³/mol. The second-order valence-electron chi connectivity index (χ2n) is 9.04. The SMILES string of the molecule is CC(=O)OCC1=C(C(=O)O)N2C(=O)[C@@H](NC(=O)/C(=N/OCc3cc(-c4ccc([O-])c(O)c4)no3)c3csc(N)n3)[C@H]2SC1.[Na+]. The summed E-state index contributed by atoms with van der Waals surface area (Å²) < 4.78 is 10.1. The second kappa shape index (κ2) is 13.7. The van der Waals surface area contributed by atoms with Crippen LogP contribution in [0.25, 0.3) is 11.3 Å². The Balaban J connectivity index is 0.00000442. The number of phenolic OH excluding ortho intramolecular Hbond substituents is 1. The number of aromatic hydroxyl groups is 1. The van der Waals surface area contributed by atoms with Crippen LogP contribution in [-0.4, -0.2) is 78.5 Å². The van der Waals surface area contributed by atoms with Crippen LogP contribution in [-0.2, 0) is 35.4 Å². The number of carbonyl (C=O) groups is 4. The summed E-state index contributed by atoms with van der Waals surface area (Å²) in [5.74, 6) is -4.11. The van der Waals surface area contributed by atoms with Crippen LogP contribution in [0.5, 0.6) is 11.5 Å². The van der Waals surface area contributed by atoms with Gasteiger partial charge in [0.05, 0.1) is 0 Å². The molecule has 2 amide bonds. The number of esters is 1. The number of oxime groups is 1. The van der Waals surface area contributed by atoms with E-state index in [1.54, 1.807) is 0 Å². The quantitative estimate of drug-likeness (QED) is 0.0577.